The quantitative estimate of drug-likeness (QED) is 0.387. The van der Waals surface area contributed by atoms with Crippen molar-refractivity contribution in [2.24, 2.45) is 0 Å². The number of benzene rings is 3. The maximum absolute atomic E-state index is 12.8. The molecule has 4 nitrogen and oxygen atoms in total. The van der Waals surface area contributed by atoms with Gasteiger partial charge in [0.2, 0.25) is 0 Å². The standard InChI is InChI=1S/C23H15Cl2NO3S/c24-19-10-5-11-20(25)18(19)14-26-22(27)21(30-23(26)28)13-15-6-4-9-17(12-15)29-16-7-2-1-3-8-16/h1-13H,14H2/b21-13-. The number of carbonyl (C=O) groups excluding carboxylic acids is 2. The summed E-state index contributed by atoms with van der Waals surface area (Å²) in [6, 6.07) is 21.8. The number of halogens is 2. The van der Waals surface area contributed by atoms with Crippen LogP contribution in [-0.2, 0) is 11.3 Å². The molecule has 3 aromatic rings. The lowest BCUT2D eigenvalue weighted by Crippen LogP contribution is -2.27. The van der Waals surface area contributed by atoms with E-state index in [4.69, 9.17) is 27.9 Å². The van der Waals surface area contributed by atoms with Crippen LogP contribution < -0.4 is 4.74 Å². The molecule has 0 aliphatic carbocycles. The van der Waals surface area contributed by atoms with Gasteiger partial charge >= 0.3 is 0 Å². The monoisotopic (exact) mass is 455 g/mol. The maximum atomic E-state index is 12.8. The van der Waals surface area contributed by atoms with E-state index in [9.17, 15) is 9.59 Å². The van der Waals surface area contributed by atoms with E-state index in [1.807, 2.05) is 54.6 Å². The Labute approximate surface area is 188 Å². The van der Waals surface area contributed by atoms with Gasteiger partial charge in [-0.3, -0.25) is 14.5 Å². The molecule has 0 bridgehead atoms. The lowest BCUT2D eigenvalue weighted by molar-refractivity contribution is -0.123. The summed E-state index contributed by atoms with van der Waals surface area (Å²) in [7, 11) is 0. The minimum atomic E-state index is -0.379. The number of imide groups is 1. The van der Waals surface area contributed by atoms with Crippen LogP contribution in [0.4, 0.5) is 4.79 Å². The van der Waals surface area contributed by atoms with Gasteiger partial charge in [0.05, 0.1) is 11.4 Å². The number of hydrogen-bond donors (Lipinski definition) is 0. The third-order valence-corrected chi connectivity index (χ3v) is 6.00. The summed E-state index contributed by atoms with van der Waals surface area (Å²) >= 11 is 13.3. The van der Waals surface area contributed by atoms with Crippen molar-refractivity contribution in [1.29, 1.82) is 0 Å². The van der Waals surface area contributed by atoms with Crippen molar-refractivity contribution in [3.63, 3.8) is 0 Å². The molecule has 0 N–H and O–H groups in total. The van der Waals surface area contributed by atoms with E-state index in [0.717, 1.165) is 22.2 Å². The van der Waals surface area contributed by atoms with Crippen LogP contribution in [0.2, 0.25) is 10.0 Å². The minimum absolute atomic E-state index is 0.0255. The number of nitrogens with zero attached hydrogens (tertiary/aromatic N) is 1. The summed E-state index contributed by atoms with van der Waals surface area (Å²) in [4.78, 5) is 26.7. The first kappa shape index (κ1) is 20.5. The zero-order valence-electron chi connectivity index (χ0n) is 15.5. The van der Waals surface area contributed by atoms with Crippen LogP contribution in [-0.4, -0.2) is 16.0 Å². The molecule has 30 heavy (non-hydrogen) atoms. The van der Waals surface area contributed by atoms with Crippen molar-refractivity contribution in [3.8, 4) is 11.5 Å². The second-order valence-corrected chi connectivity index (χ2v) is 8.26. The summed E-state index contributed by atoms with van der Waals surface area (Å²) in [5.41, 5.74) is 1.30. The van der Waals surface area contributed by atoms with Gasteiger partial charge in [0, 0.05) is 15.6 Å². The van der Waals surface area contributed by atoms with E-state index in [1.165, 1.54) is 0 Å². The van der Waals surface area contributed by atoms with Crippen molar-refractivity contribution in [3.05, 3.63) is 98.9 Å². The Kier molecular flexibility index (Phi) is 6.13. The highest BCUT2D eigenvalue weighted by Crippen LogP contribution is 2.36. The third-order valence-electron chi connectivity index (χ3n) is 4.39. The van der Waals surface area contributed by atoms with E-state index < -0.39 is 0 Å². The molecule has 0 spiro atoms. The predicted octanol–water partition coefficient (Wildman–Crippen LogP) is 7.02. The van der Waals surface area contributed by atoms with Gasteiger partial charge in [0.25, 0.3) is 11.1 Å². The second kappa shape index (κ2) is 8.96. The number of thioether (sulfide) groups is 1. The van der Waals surface area contributed by atoms with Crippen LogP contribution in [0.5, 0.6) is 11.5 Å². The van der Waals surface area contributed by atoms with E-state index in [1.54, 1.807) is 24.3 Å². The first-order chi connectivity index (χ1) is 14.5. The molecule has 0 radical (unpaired) electrons. The van der Waals surface area contributed by atoms with Gasteiger partial charge in [-0.05, 0) is 59.8 Å². The van der Waals surface area contributed by atoms with Crippen LogP contribution in [0.1, 0.15) is 11.1 Å². The normalized spacial score (nSPS) is 15.1. The minimum Gasteiger partial charge on any atom is -0.457 e. The molecule has 1 fully saturated rings. The highest BCUT2D eigenvalue weighted by Gasteiger charge is 2.35. The van der Waals surface area contributed by atoms with Crippen LogP contribution in [0.15, 0.2) is 77.7 Å². The van der Waals surface area contributed by atoms with Crippen LogP contribution in [0.25, 0.3) is 6.08 Å². The second-order valence-electron chi connectivity index (χ2n) is 6.46. The molecule has 3 aromatic carbocycles. The van der Waals surface area contributed by atoms with Crippen LogP contribution >= 0.6 is 35.0 Å². The maximum Gasteiger partial charge on any atom is 0.293 e. The molecule has 0 unspecified atom stereocenters. The molecule has 1 aliphatic heterocycles. The molecule has 1 saturated heterocycles. The zero-order chi connectivity index (χ0) is 21.1. The Morgan fingerprint density at radius 1 is 0.867 bits per heavy atom. The topological polar surface area (TPSA) is 46.6 Å². The van der Waals surface area contributed by atoms with Gasteiger partial charge in [-0.25, -0.2) is 0 Å². The summed E-state index contributed by atoms with van der Waals surface area (Å²) < 4.78 is 5.83. The number of carbonyl (C=O) groups is 2. The van der Waals surface area contributed by atoms with Crippen molar-refractivity contribution >= 4 is 52.2 Å². The van der Waals surface area contributed by atoms with Crippen molar-refractivity contribution in [1.82, 2.24) is 4.90 Å². The van der Waals surface area contributed by atoms with Gasteiger partial charge in [-0.15, -0.1) is 0 Å². The Bertz CT molecular complexity index is 1130. The molecule has 0 aromatic heterocycles. The van der Waals surface area contributed by atoms with Gasteiger partial charge in [0.15, 0.2) is 0 Å². The van der Waals surface area contributed by atoms with Crippen molar-refractivity contribution in [2.75, 3.05) is 0 Å². The molecule has 1 aliphatic rings. The molecule has 4 rings (SSSR count). The van der Waals surface area contributed by atoms with Crippen LogP contribution in [0.3, 0.4) is 0 Å². The molecule has 2 amide bonds. The summed E-state index contributed by atoms with van der Waals surface area (Å²) in [5, 5.41) is 0.464. The number of para-hydroxylation sites is 1. The summed E-state index contributed by atoms with van der Waals surface area (Å²) in [6.45, 7) is 0.0255. The zero-order valence-corrected chi connectivity index (χ0v) is 17.9. The molecule has 1 heterocycles. The molecule has 7 heteroatoms. The summed E-state index contributed by atoms with van der Waals surface area (Å²) in [5.74, 6) is 0.971. The van der Waals surface area contributed by atoms with E-state index in [0.29, 0.717) is 32.0 Å². The predicted molar refractivity (Wildman–Crippen MR) is 121 cm³/mol. The first-order valence-electron chi connectivity index (χ1n) is 9.02. The Morgan fingerprint density at radius 2 is 1.53 bits per heavy atom. The van der Waals surface area contributed by atoms with Crippen molar-refractivity contribution in [2.45, 2.75) is 6.54 Å². The fourth-order valence-electron chi connectivity index (χ4n) is 2.92. The molecular formula is C23H15Cl2NO3S. The molecule has 0 saturated carbocycles. The summed E-state index contributed by atoms with van der Waals surface area (Å²) in [6.07, 6.45) is 1.68. The molecule has 150 valence electrons. The Hall–Kier alpha value is -2.73. The average molecular weight is 456 g/mol. The molecule has 0 atom stereocenters. The third kappa shape index (κ3) is 4.54. The van der Waals surface area contributed by atoms with E-state index in [-0.39, 0.29) is 17.7 Å². The van der Waals surface area contributed by atoms with Crippen LogP contribution in [0, 0.1) is 0 Å². The Morgan fingerprint density at radius 3 is 2.27 bits per heavy atom. The van der Waals surface area contributed by atoms with E-state index >= 15 is 0 Å². The van der Waals surface area contributed by atoms with E-state index in [2.05, 4.69) is 0 Å². The number of ether oxygens (including phenoxy) is 1. The number of hydrogen-bond acceptors (Lipinski definition) is 4. The van der Waals surface area contributed by atoms with Crippen molar-refractivity contribution < 1.29 is 14.3 Å². The van der Waals surface area contributed by atoms with Gasteiger partial charge < -0.3 is 4.74 Å². The highest BCUT2D eigenvalue weighted by molar-refractivity contribution is 8.18. The van der Waals surface area contributed by atoms with Gasteiger partial charge in [-0.1, -0.05) is 59.6 Å². The first-order valence-corrected chi connectivity index (χ1v) is 10.6. The van der Waals surface area contributed by atoms with Gasteiger partial charge in [-0.2, -0.15) is 0 Å². The lowest BCUT2D eigenvalue weighted by atomic mass is 10.2. The SMILES string of the molecule is O=C1S/C(=C\c2cccc(Oc3ccccc3)c2)C(=O)N1Cc1c(Cl)cccc1Cl. The number of rotatable bonds is 5. The largest absolute Gasteiger partial charge is 0.457 e. The van der Waals surface area contributed by atoms with Gasteiger partial charge in [0.1, 0.15) is 11.5 Å². The molecular weight excluding hydrogens is 441 g/mol. The Balaban J connectivity index is 1.54. The fourth-order valence-corrected chi connectivity index (χ4v) is 4.28. The highest BCUT2D eigenvalue weighted by atomic mass is 35.5. The number of amides is 2. The lowest BCUT2D eigenvalue weighted by Gasteiger charge is -2.14. The average Bonchev–Trinajstić information content (AvgIpc) is 2.99. The fraction of sp³-hybridized carbons (Fsp3) is 0.0435. The smallest absolute Gasteiger partial charge is 0.293 e.